The molecule has 0 heterocycles. The van der Waals surface area contributed by atoms with Gasteiger partial charge in [-0.15, -0.1) is 0 Å². The Kier molecular flexibility index (Phi) is 21.5. The van der Waals surface area contributed by atoms with E-state index in [4.69, 9.17) is 9.47 Å². The van der Waals surface area contributed by atoms with E-state index in [0.717, 1.165) is 45.4 Å². The van der Waals surface area contributed by atoms with E-state index in [9.17, 15) is 22.6 Å². The third kappa shape index (κ3) is 15.6. The molecular weight excluding hydrogens is 443 g/mol. The number of ether oxygens (including phenoxy) is 2. The first kappa shape index (κ1) is 34.0. The van der Waals surface area contributed by atoms with Crippen LogP contribution < -0.4 is 0 Å². The van der Waals surface area contributed by atoms with Crippen molar-refractivity contribution in [1.29, 1.82) is 0 Å². The van der Waals surface area contributed by atoms with Crippen molar-refractivity contribution < 1.29 is 32.0 Å². The Morgan fingerprint density at radius 3 is 1.50 bits per heavy atom. The molecule has 9 heteroatoms. The minimum absolute atomic E-state index is 0. The van der Waals surface area contributed by atoms with Crippen LogP contribution >= 0.6 is 0 Å². The number of carbonyl (C=O) groups excluding carboxylic acids is 2. The second-order valence-electron chi connectivity index (χ2n) is 8.48. The van der Waals surface area contributed by atoms with Gasteiger partial charge in [-0.2, -0.15) is 8.42 Å². The molecule has 0 aromatic heterocycles. The maximum Gasteiger partial charge on any atom is 0.330 e. The molecule has 1 atom stereocenters. The number of unbranched alkanes of at least 4 members (excludes halogenated alkanes) is 12. The van der Waals surface area contributed by atoms with Crippen molar-refractivity contribution in [1.82, 2.24) is 0 Å². The molecule has 0 rings (SSSR count). The predicted molar refractivity (Wildman–Crippen MR) is 128 cm³/mol. The zero-order valence-corrected chi connectivity index (χ0v) is 23.6. The molecule has 0 bridgehead atoms. The van der Waals surface area contributed by atoms with Crippen LogP contribution in [-0.4, -0.2) is 72.4 Å². The van der Waals surface area contributed by atoms with Gasteiger partial charge in [0.15, 0.2) is 0 Å². The van der Waals surface area contributed by atoms with Gasteiger partial charge in [-0.25, -0.2) is 0 Å². The van der Waals surface area contributed by atoms with Crippen LogP contribution in [0.5, 0.6) is 0 Å². The SMILES string of the molecule is CCCCCCCCCOC(=O)CC(C)(C(=O)OCCCCCCCCC)S(=O)(=O)O.[Na]. The first-order chi connectivity index (χ1) is 14.7. The van der Waals surface area contributed by atoms with E-state index in [0.29, 0.717) is 12.8 Å². The van der Waals surface area contributed by atoms with Gasteiger partial charge in [0.2, 0.25) is 4.75 Å². The van der Waals surface area contributed by atoms with Crippen LogP contribution in [0.2, 0.25) is 0 Å². The zero-order valence-electron chi connectivity index (χ0n) is 20.8. The quantitative estimate of drug-likeness (QED) is 0.108. The predicted octanol–water partition coefficient (Wildman–Crippen LogP) is 5.23. The third-order valence-corrected chi connectivity index (χ3v) is 6.92. The molecule has 0 saturated heterocycles. The second-order valence-corrected chi connectivity index (χ2v) is 10.3. The first-order valence-corrected chi connectivity index (χ1v) is 13.4. The van der Waals surface area contributed by atoms with Crippen LogP contribution in [0, 0.1) is 0 Å². The monoisotopic (exact) mass is 487 g/mol. The molecule has 0 spiro atoms. The minimum atomic E-state index is -4.84. The first-order valence-electron chi connectivity index (χ1n) is 12.0. The summed E-state index contributed by atoms with van der Waals surface area (Å²) in [7, 11) is -4.84. The summed E-state index contributed by atoms with van der Waals surface area (Å²) in [6, 6.07) is 0. The molecule has 0 fully saturated rings. The molecule has 32 heavy (non-hydrogen) atoms. The Hall–Kier alpha value is -0.150. The maximum atomic E-state index is 12.4. The average Bonchev–Trinajstić information content (AvgIpc) is 2.70. The van der Waals surface area contributed by atoms with Crippen molar-refractivity contribution >= 4 is 51.6 Å². The van der Waals surface area contributed by atoms with Crippen molar-refractivity contribution in [2.45, 2.75) is 122 Å². The smallest absolute Gasteiger partial charge is 0.330 e. The van der Waals surface area contributed by atoms with Gasteiger partial charge in [-0.1, -0.05) is 90.9 Å². The summed E-state index contributed by atoms with van der Waals surface area (Å²) >= 11 is 0. The number of carbonyl (C=O) groups is 2. The van der Waals surface area contributed by atoms with Crippen molar-refractivity contribution in [3.63, 3.8) is 0 Å². The molecule has 1 radical (unpaired) electrons. The minimum Gasteiger partial charge on any atom is -0.466 e. The maximum absolute atomic E-state index is 12.4. The Bertz CT molecular complexity index is 595. The van der Waals surface area contributed by atoms with Gasteiger partial charge in [-0.3, -0.25) is 14.1 Å². The van der Waals surface area contributed by atoms with Crippen LogP contribution in [0.25, 0.3) is 0 Å². The average molecular weight is 488 g/mol. The molecule has 1 N–H and O–H groups in total. The van der Waals surface area contributed by atoms with Gasteiger partial charge in [-0.05, 0) is 19.8 Å². The van der Waals surface area contributed by atoms with Crippen molar-refractivity contribution in [3.05, 3.63) is 0 Å². The van der Waals surface area contributed by atoms with E-state index in [1.165, 1.54) is 38.5 Å². The van der Waals surface area contributed by atoms with E-state index in [1.54, 1.807) is 0 Å². The van der Waals surface area contributed by atoms with Crippen molar-refractivity contribution in [2.75, 3.05) is 13.2 Å². The Labute approximate surface area is 217 Å². The molecule has 0 aliphatic carbocycles. The molecule has 0 saturated carbocycles. The van der Waals surface area contributed by atoms with Crippen LogP contribution in [-0.2, 0) is 29.2 Å². The van der Waals surface area contributed by atoms with Crippen molar-refractivity contribution in [2.24, 2.45) is 0 Å². The van der Waals surface area contributed by atoms with E-state index >= 15 is 0 Å². The Morgan fingerprint density at radius 1 is 0.719 bits per heavy atom. The van der Waals surface area contributed by atoms with E-state index in [-0.39, 0.29) is 42.8 Å². The summed E-state index contributed by atoms with van der Waals surface area (Å²) in [5, 5.41) is 0. The normalized spacial score (nSPS) is 13.1. The zero-order chi connectivity index (χ0) is 23.6. The molecule has 0 aliphatic heterocycles. The van der Waals surface area contributed by atoms with Gasteiger partial charge >= 0.3 is 11.9 Å². The molecule has 0 aromatic rings. The van der Waals surface area contributed by atoms with Crippen LogP contribution in [0.4, 0.5) is 0 Å². The topological polar surface area (TPSA) is 107 Å². The van der Waals surface area contributed by atoms with Gasteiger partial charge in [0.05, 0.1) is 19.6 Å². The third-order valence-electron chi connectivity index (χ3n) is 5.47. The summed E-state index contributed by atoms with van der Waals surface area (Å²) in [5.74, 6) is -1.95. The Balaban J connectivity index is 0. The summed E-state index contributed by atoms with van der Waals surface area (Å²) in [4.78, 5) is 24.4. The number of esters is 2. The van der Waals surface area contributed by atoms with Gasteiger partial charge in [0, 0.05) is 29.6 Å². The molecule has 0 amide bonds. The number of rotatable bonds is 20. The summed E-state index contributed by atoms with van der Waals surface area (Å²) in [6.07, 6.45) is 13.8. The van der Waals surface area contributed by atoms with Crippen LogP contribution in [0.1, 0.15) is 117 Å². The van der Waals surface area contributed by atoms with Gasteiger partial charge < -0.3 is 9.47 Å². The summed E-state index contributed by atoms with van der Waals surface area (Å²) in [6.45, 7) is 5.54. The molecule has 185 valence electrons. The fourth-order valence-corrected chi connectivity index (χ4v) is 3.79. The number of hydrogen-bond donors (Lipinski definition) is 1. The molecule has 0 aromatic carbocycles. The molecule has 0 aliphatic rings. The molecule has 7 nitrogen and oxygen atoms in total. The second kappa shape index (κ2) is 20.2. The van der Waals surface area contributed by atoms with E-state index in [1.807, 2.05) is 0 Å². The Morgan fingerprint density at radius 2 is 1.09 bits per heavy atom. The van der Waals surface area contributed by atoms with Crippen LogP contribution in [0.15, 0.2) is 0 Å². The fraction of sp³-hybridized carbons (Fsp3) is 0.913. The van der Waals surface area contributed by atoms with Gasteiger partial charge in [0.1, 0.15) is 0 Å². The van der Waals surface area contributed by atoms with Crippen LogP contribution in [0.3, 0.4) is 0 Å². The molecular formula is C23H44NaO7S. The van der Waals surface area contributed by atoms with E-state index < -0.39 is 33.2 Å². The van der Waals surface area contributed by atoms with Gasteiger partial charge in [0.25, 0.3) is 10.1 Å². The summed E-state index contributed by atoms with van der Waals surface area (Å²) in [5.41, 5.74) is 0. The van der Waals surface area contributed by atoms with E-state index in [2.05, 4.69) is 13.8 Å². The fourth-order valence-electron chi connectivity index (χ4n) is 3.22. The summed E-state index contributed by atoms with van der Waals surface area (Å²) < 4.78 is 41.0. The largest absolute Gasteiger partial charge is 0.466 e. The molecule has 1 unspecified atom stereocenters. The standard InChI is InChI=1S/C23H44O7S.Na/c1-4-6-8-10-12-14-16-18-29-21(24)20-23(3,31(26,27)28)22(25)30-19-17-15-13-11-9-7-5-2;/h4-20H2,1-3H3,(H,26,27,28);. The number of hydrogen-bond acceptors (Lipinski definition) is 6. The van der Waals surface area contributed by atoms with Crippen molar-refractivity contribution in [3.8, 4) is 0 Å².